The van der Waals surface area contributed by atoms with Crippen molar-refractivity contribution in [2.45, 2.75) is 20.0 Å². The number of halogens is 1. The van der Waals surface area contributed by atoms with E-state index in [4.69, 9.17) is 9.15 Å². The van der Waals surface area contributed by atoms with E-state index in [2.05, 4.69) is 15.5 Å². The Morgan fingerprint density at radius 2 is 1.86 bits per heavy atom. The molecule has 144 valence electrons. The molecule has 0 aliphatic rings. The first-order valence-corrected chi connectivity index (χ1v) is 8.56. The molecule has 8 heteroatoms. The molecule has 7 nitrogen and oxygen atoms in total. The molecule has 0 saturated carbocycles. The van der Waals surface area contributed by atoms with Gasteiger partial charge in [-0.2, -0.15) is 0 Å². The second-order valence-electron chi connectivity index (χ2n) is 6.11. The first-order valence-electron chi connectivity index (χ1n) is 8.56. The smallest absolute Gasteiger partial charge is 0.326 e. The van der Waals surface area contributed by atoms with Crippen molar-refractivity contribution in [3.05, 3.63) is 71.4 Å². The van der Waals surface area contributed by atoms with Crippen molar-refractivity contribution in [3.63, 3.8) is 0 Å². The summed E-state index contributed by atoms with van der Waals surface area (Å²) in [5, 5.41) is 10.2. The van der Waals surface area contributed by atoms with Gasteiger partial charge in [0, 0.05) is 5.56 Å². The Morgan fingerprint density at radius 3 is 2.57 bits per heavy atom. The van der Waals surface area contributed by atoms with Crippen molar-refractivity contribution in [2.75, 3.05) is 6.54 Å². The minimum atomic E-state index is -0.801. The molecule has 3 rings (SSSR count). The highest BCUT2D eigenvalue weighted by Gasteiger charge is 2.20. The van der Waals surface area contributed by atoms with Crippen LogP contribution < -0.4 is 5.32 Å². The van der Waals surface area contributed by atoms with Gasteiger partial charge < -0.3 is 14.5 Å². The van der Waals surface area contributed by atoms with E-state index in [9.17, 15) is 14.0 Å². The number of hydrogen-bond acceptors (Lipinski definition) is 6. The number of nitrogens with one attached hydrogen (secondary N) is 1. The lowest BCUT2D eigenvalue weighted by Crippen LogP contribution is -2.31. The molecule has 2 aromatic carbocycles. The molecule has 0 fully saturated rings. The molecule has 1 aromatic heterocycles. The third-order valence-electron chi connectivity index (χ3n) is 3.91. The van der Waals surface area contributed by atoms with E-state index in [1.807, 2.05) is 31.2 Å². The van der Waals surface area contributed by atoms with Crippen LogP contribution in [0.2, 0.25) is 0 Å². The van der Waals surface area contributed by atoms with Gasteiger partial charge in [0.25, 0.3) is 11.8 Å². The van der Waals surface area contributed by atoms with Crippen molar-refractivity contribution >= 4 is 11.9 Å². The number of carbonyl (C=O) groups excluding carboxylic acids is 2. The van der Waals surface area contributed by atoms with Crippen LogP contribution in [0.3, 0.4) is 0 Å². The molecule has 3 aromatic rings. The van der Waals surface area contributed by atoms with Gasteiger partial charge >= 0.3 is 5.97 Å². The number of benzene rings is 2. The average Bonchev–Trinajstić information content (AvgIpc) is 3.17. The van der Waals surface area contributed by atoms with Crippen molar-refractivity contribution in [1.29, 1.82) is 0 Å². The third kappa shape index (κ3) is 4.59. The maximum Gasteiger partial charge on any atom is 0.326 e. The molecule has 28 heavy (non-hydrogen) atoms. The number of rotatable bonds is 6. The molecule has 1 atom stereocenters. The third-order valence-corrected chi connectivity index (χ3v) is 3.91. The zero-order valence-electron chi connectivity index (χ0n) is 15.3. The molecule has 0 aliphatic carbocycles. The molecule has 0 unspecified atom stereocenters. The minimum Gasteiger partial charge on any atom is -0.451 e. The van der Waals surface area contributed by atoms with Gasteiger partial charge in [-0.1, -0.05) is 29.8 Å². The van der Waals surface area contributed by atoms with E-state index < -0.39 is 30.3 Å². The second-order valence-corrected chi connectivity index (χ2v) is 6.11. The van der Waals surface area contributed by atoms with E-state index in [1.165, 1.54) is 18.2 Å². The standard InChI is InChI=1S/C20H18FN3O4/c1-12-7-9-14(10-8-12)20-24-23-19(28-20)13(2)27-17(25)11-22-18(26)15-5-3-4-6-16(15)21/h3-10,13H,11H2,1-2H3,(H,22,26)/t13-/m0/s1. The number of carbonyl (C=O) groups is 2. The molecule has 0 spiro atoms. The van der Waals surface area contributed by atoms with Gasteiger partial charge in [0.1, 0.15) is 12.4 Å². The Kier molecular flexibility index (Phi) is 5.78. The Bertz CT molecular complexity index is 985. The van der Waals surface area contributed by atoms with Gasteiger partial charge in [0.2, 0.25) is 5.89 Å². The maximum atomic E-state index is 13.6. The van der Waals surface area contributed by atoms with Crippen LogP contribution in [-0.2, 0) is 9.53 Å². The van der Waals surface area contributed by atoms with Crippen LogP contribution in [0.4, 0.5) is 4.39 Å². The Labute approximate surface area is 160 Å². The fourth-order valence-corrected chi connectivity index (χ4v) is 2.39. The number of amides is 1. The van der Waals surface area contributed by atoms with Crippen LogP contribution in [0.25, 0.3) is 11.5 Å². The molecule has 1 amide bonds. The van der Waals surface area contributed by atoms with Crippen molar-refractivity contribution < 1.29 is 23.1 Å². The quantitative estimate of drug-likeness (QED) is 0.657. The Morgan fingerprint density at radius 1 is 1.14 bits per heavy atom. The van der Waals surface area contributed by atoms with Crippen LogP contribution in [-0.4, -0.2) is 28.6 Å². The zero-order valence-corrected chi connectivity index (χ0v) is 15.3. The molecule has 1 N–H and O–H groups in total. The van der Waals surface area contributed by atoms with Gasteiger partial charge in [-0.3, -0.25) is 9.59 Å². The van der Waals surface area contributed by atoms with Crippen LogP contribution in [0.1, 0.15) is 34.8 Å². The normalized spacial score (nSPS) is 11.7. The molecular formula is C20H18FN3O4. The van der Waals surface area contributed by atoms with E-state index in [1.54, 1.807) is 6.92 Å². The van der Waals surface area contributed by atoms with Crippen LogP contribution in [0.5, 0.6) is 0 Å². The lowest BCUT2D eigenvalue weighted by Gasteiger charge is -2.10. The number of hydrogen-bond donors (Lipinski definition) is 1. The molecule has 1 heterocycles. The summed E-state index contributed by atoms with van der Waals surface area (Å²) in [6.07, 6.45) is -0.801. The number of aryl methyl sites for hydroxylation is 1. The summed E-state index contributed by atoms with van der Waals surface area (Å²) >= 11 is 0. The largest absolute Gasteiger partial charge is 0.451 e. The summed E-state index contributed by atoms with van der Waals surface area (Å²) in [7, 11) is 0. The first kappa shape index (κ1) is 19.2. The summed E-state index contributed by atoms with van der Waals surface area (Å²) in [6.45, 7) is 3.12. The van der Waals surface area contributed by atoms with E-state index in [0.717, 1.165) is 17.2 Å². The fraction of sp³-hybridized carbons (Fsp3) is 0.200. The average molecular weight is 383 g/mol. The summed E-state index contributed by atoms with van der Waals surface area (Å²) in [5.41, 5.74) is 1.70. The minimum absolute atomic E-state index is 0.129. The fourth-order valence-electron chi connectivity index (χ4n) is 2.39. The zero-order chi connectivity index (χ0) is 20.1. The molecule has 0 saturated heterocycles. The Hall–Kier alpha value is -3.55. The molecule has 0 bridgehead atoms. The Balaban J connectivity index is 1.55. The first-order chi connectivity index (χ1) is 13.4. The highest BCUT2D eigenvalue weighted by molar-refractivity contribution is 5.96. The number of ether oxygens (including phenoxy) is 1. The van der Waals surface area contributed by atoms with Crippen LogP contribution >= 0.6 is 0 Å². The predicted octanol–water partition coefficient (Wildman–Crippen LogP) is 3.22. The van der Waals surface area contributed by atoms with Gasteiger partial charge in [-0.15, -0.1) is 10.2 Å². The van der Waals surface area contributed by atoms with Gasteiger partial charge in [0.15, 0.2) is 6.10 Å². The monoisotopic (exact) mass is 383 g/mol. The highest BCUT2D eigenvalue weighted by atomic mass is 19.1. The van der Waals surface area contributed by atoms with E-state index >= 15 is 0 Å². The van der Waals surface area contributed by atoms with Crippen molar-refractivity contribution in [1.82, 2.24) is 15.5 Å². The highest BCUT2D eigenvalue weighted by Crippen LogP contribution is 2.22. The van der Waals surface area contributed by atoms with Gasteiger partial charge in [-0.05, 0) is 38.1 Å². The van der Waals surface area contributed by atoms with E-state index in [-0.39, 0.29) is 11.5 Å². The predicted molar refractivity (Wildman–Crippen MR) is 97.7 cm³/mol. The lowest BCUT2D eigenvalue weighted by molar-refractivity contribution is -0.148. The summed E-state index contributed by atoms with van der Waals surface area (Å²) in [5.74, 6) is -1.65. The van der Waals surface area contributed by atoms with Gasteiger partial charge in [0.05, 0.1) is 5.56 Å². The number of aromatic nitrogens is 2. The SMILES string of the molecule is Cc1ccc(-c2nnc([C@H](C)OC(=O)CNC(=O)c3ccccc3F)o2)cc1. The van der Waals surface area contributed by atoms with Crippen LogP contribution in [0.15, 0.2) is 52.9 Å². The molecular weight excluding hydrogens is 365 g/mol. The van der Waals surface area contributed by atoms with Crippen LogP contribution in [0, 0.1) is 12.7 Å². The second kappa shape index (κ2) is 8.43. The molecule has 0 radical (unpaired) electrons. The number of nitrogens with zero attached hydrogens (tertiary/aromatic N) is 2. The van der Waals surface area contributed by atoms with Crippen molar-refractivity contribution in [2.24, 2.45) is 0 Å². The summed E-state index contributed by atoms with van der Waals surface area (Å²) in [4.78, 5) is 23.9. The van der Waals surface area contributed by atoms with Gasteiger partial charge in [-0.25, -0.2) is 4.39 Å². The maximum absolute atomic E-state index is 13.6. The summed E-state index contributed by atoms with van der Waals surface area (Å²) < 4.78 is 24.3. The molecule has 0 aliphatic heterocycles. The lowest BCUT2D eigenvalue weighted by atomic mass is 10.1. The topological polar surface area (TPSA) is 94.3 Å². The number of esters is 1. The van der Waals surface area contributed by atoms with Crippen molar-refractivity contribution in [3.8, 4) is 11.5 Å². The summed E-state index contributed by atoms with van der Waals surface area (Å²) in [6, 6.07) is 13.0. The van der Waals surface area contributed by atoms with E-state index in [0.29, 0.717) is 5.89 Å².